The Morgan fingerprint density at radius 1 is 1.45 bits per heavy atom. The van der Waals surface area contributed by atoms with E-state index in [0.717, 1.165) is 0 Å². The number of carbonyl (C=O) groups is 2. The standard InChI is InChI=1S/C15H17N3O4/c1-4-14(19)17-9-10(8-16(2)3)15(20)12-7-11(18(21)22)5-6-13(12)17/h5-8H,4,9H2,1-3H3/b10-8-. The van der Waals surface area contributed by atoms with Gasteiger partial charge in [-0.15, -0.1) is 0 Å². The maximum Gasteiger partial charge on any atom is 0.270 e. The van der Waals surface area contributed by atoms with Crippen molar-refractivity contribution in [2.75, 3.05) is 25.5 Å². The van der Waals surface area contributed by atoms with Crippen molar-refractivity contribution in [1.29, 1.82) is 0 Å². The molecule has 1 aliphatic rings. The minimum Gasteiger partial charge on any atom is -0.383 e. The lowest BCUT2D eigenvalue weighted by Crippen LogP contribution is -2.39. The number of nitro benzene ring substituents is 1. The van der Waals surface area contributed by atoms with Crippen LogP contribution in [0.1, 0.15) is 23.7 Å². The molecule has 0 radical (unpaired) electrons. The second-order valence-corrected chi connectivity index (χ2v) is 5.24. The van der Waals surface area contributed by atoms with E-state index in [1.165, 1.54) is 23.1 Å². The molecule has 1 amide bonds. The molecule has 7 nitrogen and oxygen atoms in total. The summed E-state index contributed by atoms with van der Waals surface area (Å²) < 4.78 is 0. The molecule has 22 heavy (non-hydrogen) atoms. The van der Waals surface area contributed by atoms with Crippen LogP contribution in [0.5, 0.6) is 0 Å². The molecular formula is C15H17N3O4. The number of fused-ring (bicyclic) bond motifs is 1. The van der Waals surface area contributed by atoms with Crippen molar-refractivity contribution in [1.82, 2.24) is 4.90 Å². The summed E-state index contributed by atoms with van der Waals surface area (Å²) in [5, 5.41) is 10.9. The minimum atomic E-state index is -0.552. The fraction of sp³-hybridized carbons (Fsp3) is 0.333. The van der Waals surface area contributed by atoms with E-state index in [1.54, 1.807) is 32.1 Å². The monoisotopic (exact) mass is 303 g/mol. The van der Waals surface area contributed by atoms with Gasteiger partial charge in [0, 0.05) is 44.4 Å². The Hall–Kier alpha value is -2.70. The second kappa shape index (κ2) is 5.97. The first-order chi connectivity index (χ1) is 10.3. The smallest absolute Gasteiger partial charge is 0.270 e. The maximum absolute atomic E-state index is 12.5. The van der Waals surface area contributed by atoms with E-state index >= 15 is 0 Å². The van der Waals surface area contributed by atoms with Gasteiger partial charge in [0.25, 0.3) is 5.69 Å². The van der Waals surface area contributed by atoms with Gasteiger partial charge < -0.3 is 9.80 Å². The van der Waals surface area contributed by atoms with Crippen LogP contribution in [-0.4, -0.2) is 42.2 Å². The number of benzene rings is 1. The van der Waals surface area contributed by atoms with Crippen molar-refractivity contribution in [2.45, 2.75) is 13.3 Å². The lowest BCUT2D eigenvalue weighted by molar-refractivity contribution is -0.384. The summed E-state index contributed by atoms with van der Waals surface area (Å²) in [5.74, 6) is -0.417. The lowest BCUT2D eigenvalue weighted by Gasteiger charge is -2.30. The van der Waals surface area contributed by atoms with Crippen molar-refractivity contribution in [2.24, 2.45) is 0 Å². The highest BCUT2D eigenvalue weighted by molar-refractivity contribution is 6.18. The molecule has 0 fully saturated rings. The molecule has 1 aliphatic heterocycles. The van der Waals surface area contributed by atoms with E-state index in [0.29, 0.717) is 17.7 Å². The van der Waals surface area contributed by atoms with Crippen molar-refractivity contribution in [3.63, 3.8) is 0 Å². The topological polar surface area (TPSA) is 83.8 Å². The average Bonchev–Trinajstić information content (AvgIpc) is 2.48. The zero-order chi connectivity index (χ0) is 16.4. The maximum atomic E-state index is 12.5. The summed E-state index contributed by atoms with van der Waals surface area (Å²) in [7, 11) is 3.55. The van der Waals surface area contributed by atoms with Gasteiger partial charge >= 0.3 is 0 Å². The molecule has 0 unspecified atom stereocenters. The Bertz CT molecular complexity index is 679. The molecule has 1 aromatic rings. The molecule has 0 bridgehead atoms. The fourth-order valence-electron chi connectivity index (χ4n) is 2.38. The highest BCUT2D eigenvalue weighted by Gasteiger charge is 2.31. The molecule has 7 heteroatoms. The lowest BCUT2D eigenvalue weighted by atomic mass is 9.95. The number of ketones is 1. The molecule has 0 saturated heterocycles. The van der Waals surface area contributed by atoms with Crippen LogP contribution in [0.3, 0.4) is 0 Å². The molecular weight excluding hydrogens is 286 g/mol. The van der Waals surface area contributed by atoms with Gasteiger partial charge in [0.2, 0.25) is 5.91 Å². The van der Waals surface area contributed by atoms with Gasteiger partial charge in [-0.1, -0.05) is 6.92 Å². The van der Waals surface area contributed by atoms with Crippen molar-refractivity contribution in [3.8, 4) is 0 Å². The minimum absolute atomic E-state index is 0.132. The quantitative estimate of drug-likeness (QED) is 0.484. The molecule has 0 spiro atoms. The zero-order valence-electron chi connectivity index (χ0n) is 12.7. The number of anilines is 1. The number of hydrogen-bond acceptors (Lipinski definition) is 5. The van der Waals surface area contributed by atoms with Crippen LogP contribution in [0.15, 0.2) is 30.0 Å². The Morgan fingerprint density at radius 3 is 2.68 bits per heavy atom. The largest absolute Gasteiger partial charge is 0.383 e. The number of nitrogens with zero attached hydrogens (tertiary/aromatic N) is 3. The third kappa shape index (κ3) is 2.83. The first kappa shape index (κ1) is 15.7. The number of Topliss-reactive ketones (excluding diaryl/α,β-unsaturated/α-hetero) is 1. The molecule has 0 N–H and O–H groups in total. The number of hydrogen-bond donors (Lipinski definition) is 0. The Kier molecular flexibility index (Phi) is 4.25. The van der Waals surface area contributed by atoms with Crippen LogP contribution >= 0.6 is 0 Å². The van der Waals surface area contributed by atoms with Gasteiger partial charge in [-0.2, -0.15) is 0 Å². The van der Waals surface area contributed by atoms with Crippen LogP contribution in [0.4, 0.5) is 11.4 Å². The molecule has 116 valence electrons. The summed E-state index contributed by atoms with van der Waals surface area (Å²) in [5.41, 5.74) is 0.885. The third-order valence-electron chi connectivity index (χ3n) is 3.36. The molecule has 0 saturated carbocycles. The average molecular weight is 303 g/mol. The van der Waals surface area contributed by atoms with Crippen LogP contribution < -0.4 is 4.90 Å². The predicted molar refractivity (Wildman–Crippen MR) is 81.8 cm³/mol. The van der Waals surface area contributed by atoms with E-state index in [-0.39, 0.29) is 29.5 Å². The number of non-ortho nitro benzene ring substituents is 1. The predicted octanol–water partition coefficient (Wildman–Crippen LogP) is 1.98. The number of rotatable bonds is 3. The summed E-state index contributed by atoms with van der Waals surface area (Å²) in [6.45, 7) is 1.91. The van der Waals surface area contributed by atoms with E-state index in [9.17, 15) is 19.7 Å². The van der Waals surface area contributed by atoms with Gasteiger partial charge in [0.1, 0.15) is 0 Å². The van der Waals surface area contributed by atoms with Crippen molar-refractivity contribution >= 4 is 23.1 Å². The Labute approximate surface area is 128 Å². The fourth-order valence-corrected chi connectivity index (χ4v) is 2.38. The van der Waals surface area contributed by atoms with Crippen LogP contribution in [-0.2, 0) is 4.79 Å². The molecule has 1 aromatic carbocycles. The highest BCUT2D eigenvalue weighted by atomic mass is 16.6. The number of carbonyl (C=O) groups excluding carboxylic acids is 2. The summed E-state index contributed by atoms with van der Waals surface area (Å²) in [6.07, 6.45) is 1.93. The van der Waals surface area contributed by atoms with Gasteiger partial charge in [-0.05, 0) is 6.07 Å². The summed E-state index contributed by atoms with van der Waals surface area (Å²) in [4.78, 5) is 38.2. The molecule has 0 atom stereocenters. The first-order valence-corrected chi connectivity index (χ1v) is 6.85. The molecule has 0 aromatic heterocycles. The van der Waals surface area contributed by atoms with Crippen molar-refractivity contribution in [3.05, 3.63) is 45.6 Å². The van der Waals surface area contributed by atoms with Crippen molar-refractivity contribution < 1.29 is 14.5 Å². The number of amides is 1. The summed E-state index contributed by atoms with van der Waals surface area (Å²) in [6, 6.07) is 4.00. The van der Waals surface area contributed by atoms with Crippen LogP contribution in [0, 0.1) is 10.1 Å². The van der Waals surface area contributed by atoms with E-state index < -0.39 is 4.92 Å². The van der Waals surface area contributed by atoms with Crippen LogP contribution in [0.25, 0.3) is 0 Å². The molecule has 0 aliphatic carbocycles. The highest BCUT2D eigenvalue weighted by Crippen LogP contribution is 2.32. The first-order valence-electron chi connectivity index (χ1n) is 6.85. The summed E-state index contributed by atoms with van der Waals surface area (Å²) >= 11 is 0. The Balaban J connectivity index is 2.60. The van der Waals surface area contributed by atoms with Gasteiger partial charge in [-0.3, -0.25) is 19.7 Å². The molecule has 2 rings (SSSR count). The second-order valence-electron chi connectivity index (χ2n) is 5.24. The van der Waals surface area contributed by atoms with E-state index in [4.69, 9.17) is 0 Å². The van der Waals surface area contributed by atoms with E-state index in [1.807, 2.05) is 0 Å². The van der Waals surface area contributed by atoms with Gasteiger partial charge in [0.15, 0.2) is 5.78 Å². The molecule has 1 heterocycles. The number of nitro groups is 1. The normalized spacial score (nSPS) is 15.7. The van der Waals surface area contributed by atoms with Crippen LogP contribution in [0.2, 0.25) is 0 Å². The Morgan fingerprint density at radius 2 is 2.14 bits per heavy atom. The van der Waals surface area contributed by atoms with E-state index in [2.05, 4.69) is 0 Å². The SMILES string of the molecule is CCC(=O)N1C/C(=C/N(C)C)C(=O)c2cc([N+](=O)[O-])ccc21. The third-order valence-corrected chi connectivity index (χ3v) is 3.36. The zero-order valence-corrected chi connectivity index (χ0v) is 12.7. The van der Waals surface area contributed by atoms with Gasteiger partial charge in [-0.25, -0.2) is 0 Å². The van der Waals surface area contributed by atoms with Gasteiger partial charge in [0.05, 0.1) is 22.7 Å².